The number of halogens is 3. The summed E-state index contributed by atoms with van der Waals surface area (Å²) in [4.78, 5) is 24.2. The zero-order valence-corrected chi connectivity index (χ0v) is 16.3. The number of alkyl halides is 2. The van der Waals surface area contributed by atoms with Crippen LogP contribution < -0.4 is 15.2 Å². The van der Waals surface area contributed by atoms with Gasteiger partial charge in [0.05, 0.1) is 21.2 Å². The second-order valence-electron chi connectivity index (χ2n) is 5.60. The van der Waals surface area contributed by atoms with E-state index in [-0.39, 0.29) is 26.9 Å². The Balaban J connectivity index is 2.14. The van der Waals surface area contributed by atoms with Crippen molar-refractivity contribution in [2.45, 2.75) is 24.5 Å². The summed E-state index contributed by atoms with van der Waals surface area (Å²) in [7, 11) is -4.10. The summed E-state index contributed by atoms with van der Waals surface area (Å²) < 4.78 is 57.0. The topological polar surface area (TPSA) is 125 Å². The van der Waals surface area contributed by atoms with Crippen molar-refractivity contribution in [2.24, 2.45) is 5.14 Å². The molecule has 1 atom stereocenters. The lowest BCUT2D eigenvalue weighted by Gasteiger charge is -2.16. The van der Waals surface area contributed by atoms with Gasteiger partial charge in [-0.3, -0.25) is 4.79 Å². The van der Waals surface area contributed by atoms with E-state index in [9.17, 15) is 26.8 Å². The third-order valence-electron chi connectivity index (χ3n) is 3.50. The molecule has 0 aromatic heterocycles. The van der Waals surface area contributed by atoms with Crippen molar-refractivity contribution in [3.8, 4) is 5.75 Å². The Labute approximate surface area is 169 Å². The number of sulfonamides is 1. The van der Waals surface area contributed by atoms with Gasteiger partial charge in [-0.2, -0.15) is 8.78 Å². The molecule has 3 N–H and O–H groups in total. The molecular formula is C17H15ClF2N2O6S. The molecule has 1 amide bonds. The Bertz CT molecular complexity index is 1030. The van der Waals surface area contributed by atoms with Gasteiger partial charge in [0, 0.05) is 0 Å². The first-order valence-electron chi connectivity index (χ1n) is 7.87. The minimum atomic E-state index is -4.10. The van der Waals surface area contributed by atoms with Gasteiger partial charge in [-0.1, -0.05) is 23.7 Å². The first kappa shape index (κ1) is 22.5. The summed E-state index contributed by atoms with van der Waals surface area (Å²) in [5, 5.41) is 7.19. The maximum atomic E-state index is 12.4. The fraction of sp³-hybridized carbons (Fsp3) is 0.176. The number of amides is 1. The molecule has 156 valence electrons. The first-order valence-corrected chi connectivity index (χ1v) is 9.79. The Hall–Kier alpha value is -2.76. The second-order valence-corrected chi connectivity index (χ2v) is 7.57. The van der Waals surface area contributed by atoms with E-state index in [1.807, 2.05) is 0 Å². The highest BCUT2D eigenvalue weighted by atomic mass is 35.5. The molecule has 0 aliphatic rings. The first-order chi connectivity index (χ1) is 13.5. The van der Waals surface area contributed by atoms with E-state index in [4.69, 9.17) is 21.5 Å². The largest absolute Gasteiger partial charge is 0.449 e. The van der Waals surface area contributed by atoms with Crippen LogP contribution in [0.3, 0.4) is 0 Å². The molecule has 0 fully saturated rings. The lowest BCUT2D eigenvalue weighted by atomic mass is 10.2. The number of nitrogens with two attached hydrogens (primary N) is 1. The molecule has 0 aliphatic heterocycles. The van der Waals surface area contributed by atoms with Gasteiger partial charge in [0.25, 0.3) is 5.91 Å². The Kier molecular flexibility index (Phi) is 7.11. The number of benzene rings is 2. The maximum Gasteiger partial charge on any atom is 0.387 e. The highest BCUT2D eigenvalue weighted by Crippen LogP contribution is 2.26. The summed E-state index contributed by atoms with van der Waals surface area (Å²) in [6.45, 7) is -1.88. The molecule has 8 nitrogen and oxygen atoms in total. The average Bonchev–Trinajstić information content (AvgIpc) is 2.62. The van der Waals surface area contributed by atoms with Gasteiger partial charge < -0.3 is 14.8 Å². The van der Waals surface area contributed by atoms with Crippen molar-refractivity contribution >= 4 is 39.2 Å². The molecule has 0 aliphatic carbocycles. The van der Waals surface area contributed by atoms with Crippen LogP contribution in [0.15, 0.2) is 47.4 Å². The van der Waals surface area contributed by atoms with Gasteiger partial charge in [0.15, 0.2) is 6.10 Å². The number of esters is 1. The maximum absolute atomic E-state index is 12.4. The minimum Gasteiger partial charge on any atom is -0.449 e. The second kappa shape index (κ2) is 9.16. The van der Waals surface area contributed by atoms with E-state index in [0.717, 1.165) is 18.2 Å². The molecular weight excluding hydrogens is 434 g/mol. The highest BCUT2D eigenvalue weighted by Gasteiger charge is 2.23. The van der Waals surface area contributed by atoms with Gasteiger partial charge in [-0.15, -0.1) is 0 Å². The van der Waals surface area contributed by atoms with Crippen LogP contribution in [0, 0.1) is 0 Å². The van der Waals surface area contributed by atoms with Gasteiger partial charge in [-0.25, -0.2) is 18.4 Å². The van der Waals surface area contributed by atoms with E-state index in [0.29, 0.717) is 0 Å². The number of ether oxygens (including phenoxy) is 2. The van der Waals surface area contributed by atoms with E-state index in [2.05, 4.69) is 10.1 Å². The predicted molar refractivity (Wildman–Crippen MR) is 99.4 cm³/mol. The Morgan fingerprint density at radius 1 is 1.17 bits per heavy atom. The molecule has 2 rings (SSSR count). The van der Waals surface area contributed by atoms with E-state index in [1.54, 1.807) is 0 Å². The molecule has 0 saturated carbocycles. The van der Waals surface area contributed by atoms with Crippen LogP contribution in [0.25, 0.3) is 0 Å². The molecule has 0 heterocycles. The summed E-state index contributed by atoms with van der Waals surface area (Å²) in [5.41, 5.74) is -0.380. The Morgan fingerprint density at radius 3 is 2.45 bits per heavy atom. The van der Waals surface area contributed by atoms with Crippen LogP contribution in [0.5, 0.6) is 5.75 Å². The predicted octanol–water partition coefficient (Wildman–Crippen LogP) is 2.77. The number of nitrogens with one attached hydrogen (secondary N) is 1. The molecule has 0 spiro atoms. The highest BCUT2D eigenvalue weighted by molar-refractivity contribution is 7.89. The third-order valence-corrected chi connectivity index (χ3v) is 4.74. The number of rotatable bonds is 7. The molecule has 12 heteroatoms. The molecule has 1 unspecified atom stereocenters. The minimum absolute atomic E-state index is 0.0602. The number of hydrogen-bond acceptors (Lipinski definition) is 6. The van der Waals surface area contributed by atoms with Crippen molar-refractivity contribution in [3.05, 3.63) is 53.1 Å². The molecule has 0 saturated heterocycles. The lowest BCUT2D eigenvalue weighted by Crippen LogP contribution is -2.30. The zero-order valence-electron chi connectivity index (χ0n) is 14.8. The fourth-order valence-electron chi connectivity index (χ4n) is 2.12. The lowest BCUT2D eigenvalue weighted by molar-refractivity contribution is -0.123. The Morgan fingerprint density at radius 2 is 1.83 bits per heavy atom. The fourth-order valence-corrected chi connectivity index (χ4v) is 2.85. The SMILES string of the molecule is CC(OC(=O)c1cc(S(N)(=O)=O)ccc1Cl)C(=O)Nc1ccccc1OC(F)F. The van der Waals surface area contributed by atoms with Crippen LogP contribution in [-0.2, 0) is 19.6 Å². The standard InChI is InChI=1S/C17H15ClF2N2O6S/c1-9(15(23)22-13-4-2-3-5-14(13)28-17(19)20)27-16(24)11-8-10(29(21,25)26)6-7-12(11)18/h2-9,17H,1H3,(H,22,23)(H2,21,25,26). The van der Waals surface area contributed by atoms with Crippen molar-refractivity contribution < 1.29 is 36.3 Å². The number of primary sulfonamides is 1. The van der Waals surface area contributed by atoms with Crippen molar-refractivity contribution in [1.82, 2.24) is 0 Å². The number of hydrogen-bond donors (Lipinski definition) is 2. The van der Waals surface area contributed by atoms with E-state index < -0.39 is 34.6 Å². The van der Waals surface area contributed by atoms with Gasteiger partial charge in [-0.05, 0) is 37.3 Å². The number of carbonyl (C=O) groups is 2. The summed E-state index contributed by atoms with van der Waals surface area (Å²) >= 11 is 5.88. The molecule has 2 aromatic rings. The van der Waals surface area contributed by atoms with Gasteiger partial charge >= 0.3 is 12.6 Å². The van der Waals surface area contributed by atoms with Gasteiger partial charge in [0.2, 0.25) is 10.0 Å². The molecule has 0 radical (unpaired) electrons. The van der Waals surface area contributed by atoms with Crippen molar-refractivity contribution in [3.63, 3.8) is 0 Å². The monoisotopic (exact) mass is 448 g/mol. The summed E-state index contributed by atoms with van der Waals surface area (Å²) in [6.07, 6.45) is -1.38. The van der Waals surface area contributed by atoms with E-state index >= 15 is 0 Å². The smallest absolute Gasteiger partial charge is 0.387 e. The van der Waals surface area contributed by atoms with Gasteiger partial charge in [0.1, 0.15) is 5.75 Å². The summed E-state index contributed by atoms with van der Waals surface area (Å²) in [5.74, 6) is -2.21. The number of carbonyl (C=O) groups excluding carboxylic acids is 2. The van der Waals surface area contributed by atoms with Crippen molar-refractivity contribution in [1.29, 1.82) is 0 Å². The normalized spacial score (nSPS) is 12.3. The van der Waals surface area contributed by atoms with Crippen LogP contribution in [0.2, 0.25) is 5.02 Å². The van der Waals surface area contributed by atoms with Crippen LogP contribution >= 0.6 is 11.6 Å². The molecule has 29 heavy (non-hydrogen) atoms. The number of anilines is 1. The zero-order chi connectivity index (χ0) is 21.8. The van der Waals surface area contributed by atoms with Crippen molar-refractivity contribution in [2.75, 3.05) is 5.32 Å². The summed E-state index contributed by atoms with van der Waals surface area (Å²) in [6, 6.07) is 8.59. The van der Waals surface area contributed by atoms with Crippen LogP contribution in [-0.4, -0.2) is 33.0 Å². The molecule has 0 bridgehead atoms. The average molecular weight is 449 g/mol. The van der Waals surface area contributed by atoms with E-state index in [1.165, 1.54) is 31.2 Å². The quantitative estimate of drug-likeness (QED) is 0.627. The molecule has 2 aromatic carbocycles. The number of para-hydroxylation sites is 2. The van der Waals surface area contributed by atoms with Crippen LogP contribution in [0.1, 0.15) is 17.3 Å². The van der Waals surface area contributed by atoms with Crippen LogP contribution in [0.4, 0.5) is 14.5 Å². The third kappa shape index (κ3) is 6.11.